The average molecular weight is 612 g/mol. The maximum atomic E-state index is 9.15. The van der Waals surface area contributed by atoms with Gasteiger partial charge in [-0.1, -0.05) is 81.8 Å². The predicted molar refractivity (Wildman–Crippen MR) is 188 cm³/mol. The highest BCUT2D eigenvalue weighted by atomic mass is 16.3. The van der Waals surface area contributed by atoms with Crippen LogP contribution in [0, 0.1) is 6.92 Å². The fraction of sp³-hybridized carbons (Fsp3) is 0.378. The lowest BCUT2D eigenvalue weighted by molar-refractivity contribution is 0.184. The number of nitrogens with zero attached hydrogens (tertiary/aromatic N) is 6. The van der Waals surface area contributed by atoms with E-state index in [-0.39, 0.29) is 6.61 Å². The first-order chi connectivity index (χ1) is 21.8. The Morgan fingerprint density at radius 2 is 1.64 bits per heavy atom. The molecule has 8 nitrogen and oxygen atoms in total. The van der Waals surface area contributed by atoms with Gasteiger partial charge in [0.2, 0.25) is 0 Å². The van der Waals surface area contributed by atoms with Gasteiger partial charge in [0, 0.05) is 37.9 Å². The Balaban J connectivity index is 0.000000283. The molecule has 1 aliphatic rings. The Bertz CT molecular complexity index is 1550. The van der Waals surface area contributed by atoms with Crippen molar-refractivity contribution in [1.29, 1.82) is 0 Å². The molecule has 0 saturated heterocycles. The fourth-order valence-corrected chi connectivity index (χ4v) is 4.79. The molecule has 0 bridgehead atoms. The summed E-state index contributed by atoms with van der Waals surface area (Å²) in [6.45, 7) is 21.3. The van der Waals surface area contributed by atoms with E-state index in [4.69, 9.17) is 10.8 Å². The first-order valence-corrected chi connectivity index (χ1v) is 16.0. The summed E-state index contributed by atoms with van der Waals surface area (Å²) in [6, 6.07) is 21.1. The van der Waals surface area contributed by atoms with Crippen LogP contribution in [0.3, 0.4) is 0 Å². The minimum Gasteiger partial charge on any atom is -0.395 e. The van der Waals surface area contributed by atoms with Crippen molar-refractivity contribution in [3.05, 3.63) is 125 Å². The van der Waals surface area contributed by atoms with Gasteiger partial charge in [-0.3, -0.25) is 9.58 Å². The maximum absolute atomic E-state index is 9.15. The highest BCUT2D eigenvalue weighted by molar-refractivity contribution is 5.65. The minimum atomic E-state index is 0.215. The number of aryl methyl sites for hydroxylation is 1. The summed E-state index contributed by atoms with van der Waals surface area (Å²) in [6.07, 6.45) is 7.27. The Labute approximate surface area is 270 Å². The Morgan fingerprint density at radius 1 is 0.933 bits per heavy atom. The molecule has 8 heteroatoms. The number of aromatic nitrogens is 5. The zero-order chi connectivity index (χ0) is 33.2. The van der Waals surface area contributed by atoms with Crippen molar-refractivity contribution in [2.75, 3.05) is 25.4 Å². The molecule has 3 aromatic heterocycles. The first kappa shape index (κ1) is 36.9. The molecule has 0 unspecified atom stereocenters. The van der Waals surface area contributed by atoms with Gasteiger partial charge in [-0.05, 0) is 67.1 Å². The molecule has 0 atom stereocenters. The zero-order valence-electron chi connectivity index (χ0n) is 28.4. The number of nitrogen functional groups attached to an aromatic ring is 1. The molecule has 3 N–H and O–H groups in total. The van der Waals surface area contributed by atoms with E-state index < -0.39 is 0 Å². The molecular weight excluding hydrogens is 558 g/mol. The van der Waals surface area contributed by atoms with Gasteiger partial charge in [0.15, 0.2) is 5.82 Å². The quantitative estimate of drug-likeness (QED) is 0.198. The smallest absolute Gasteiger partial charge is 0.151 e. The van der Waals surface area contributed by atoms with Crippen molar-refractivity contribution < 1.29 is 5.11 Å². The first-order valence-electron chi connectivity index (χ1n) is 16.0. The Morgan fingerprint density at radius 3 is 2.29 bits per heavy atom. The van der Waals surface area contributed by atoms with E-state index in [1.165, 1.54) is 39.7 Å². The number of benzene rings is 2. The summed E-state index contributed by atoms with van der Waals surface area (Å²) in [5.41, 5.74) is 15.5. The standard InChI is InChI=1S/C18H21N5O.C11H12N2.C4H8.2C2H6/c19-18-17-4-3-16(23(17)21-12-20-18)10-13-1-2-14-5-6-22(7-8-24)11-15(14)9-13;1-10-7-12-13(8-10)9-11-5-3-2-4-6-11;1-4(2)3;2*1-2/h1-4,9,12,24H,5-8,10-11H2,(H2,19,20,21);2-8H,9H2,1H3;1H2,2-3H3;2*1-2H3. The van der Waals surface area contributed by atoms with E-state index in [0.717, 1.165) is 50.2 Å². The van der Waals surface area contributed by atoms with E-state index >= 15 is 0 Å². The van der Waals surface area contributed by atoms with Crippen LogP contribution in [0.1, 0.15) is 75.1 Å². The van der Waals surface area contributed by atoms with Gasteiger partial charge >= 0.3 is 0 Å². The van der Waals surface area contributed by atoms with Crippen LogP contribution in [-0.2, 0) is 25.9 Å². The second-order valence-electron chi connectivity index (χ2n) is 10.7. The van der Waals surface area contributed by atoms with Crippen LogP contribution in [0.2, 0.25) is 0 Å². The molecule has 0 radical (unpaired) electrons. The number of hydrogen-bond acceptors (Lipinski definition) is 6. The molecular formula is C37H53N7O. The van der Waals surface area contributed by atoms with Gasteiger partial charge in [-0.25, -0.2) is 9.50 Å². The largest absolute Gasteiger partial charge is 0.395 e. The SMILES string of the molecule is C=C(C)C.CC.CC.Cc1cnn(Cc2ccccc2)c1.Nc1ncnn2c(Cc3ccc4c(c3)CN(CCO)CC4)ccc12. The fourth-order valence-electron chi connectivity index (χ4n) is 4.79. The highest BCUT2D eigenvalue weighted by Gasteiger charge is 2.16. The molecule has 0 aliphatic carbocycles. The molecule has 45 heavy (non-hydrogen) atoms. The number of hydrogen-bond donors (Lipinski definition) is 2. The van der Waals surface area contributed by atoms with E-state index in [9.17, 15) is 0 Å². The molecule has 6 rings (SSSR count). The molecule has 0 saturated carbocycles. The monoisotopic (exact) mass is 611 g/mol. The van der Waals surface area contributed by atoms with Crippen LogP contribution in [0.25, 0.3) is 5.52 Å². The number of aliphatic hydroxyl groups excluding tert-OH is 1. The number of nitrogens with two attached hydrogens (primary N) is 1. The molecule has 2 aromatic carbocycles. The van der Waals surface area contributed by atoms with Gasteiger partial charge in [0.05, 0.1) is 19.3 Å². The number of rotatable bonds is 6. The molecule has 5 aromatic rings. The van der Waals surface area contributed by atoms with E-state index in [1.54, 1.807) is 0 Å². The van der Waals surface area contributed by atoms with E-state index in [1.807, 2.05) is 87.4 Å². The normalized spacial score (nSPS) is 11.7. The van der Waals surface area contributed by atoms with Crippen molar-refractivity contribution in [1.82, 2.24) is 29.3 Å². The second-order valence-corrected chi connectivity index (χ2v) is 10.7. The zero-order valence-corrected chi connectivity index (χ0v) is 28.4. The van der Waals surface area contributed by atoms with Crippen LogP contribution >= 0.6 is 0 Å². The van der Waals surface area contributed by atoms with Crippen LogP contribution in [0.5, 0.6) is 0 Å². The van der Waals surface area contributed by atoms with Gasteiger partial charge in [-0.2, -0.15) is 10.2 Å². The molecule has 0 amide bonds. The van der Waals surface area contributed by atoms with Crippen LogP contribution < -0.4 is 5.73 Å². The average Bonchev–Trinajstić information content (AvgIpc) is 3.66. The van der Waals surface area contributed by atoms with Gasteiger partial charge in [0.25, 0.3) is 0 Å². The second kappa shape index (κ2) is 19.9. The lowest BCUT2D eigenvalue weighted by Gasteiger charge is -2.28. The summed E-state index contributed by atoms with van der Waals surface area (Å²) in [4.78, 5) is 6.33. The van der Waals surface area contributed by atoms with E-state index in [0.29, 0.717) is 5.82 Å². The topological polar surface area (TPSA) is 97.5 Å². The third-order valence-corrected chi connectivity index (χ3v) is 6.67. The predicted octanol–water partition coefficient (Wildman–Crippen LogP) is 7.13. The molecule has 0 spiro atoms. The number of β-amino-alcohol motifs (C(OH)–C–C–N with tert-alkyl or cyclic N) is 1. The van der Waals surface area contributed by atoms with Crippen molar-refractivity contribution in [2.45, 2.75) is 74.4 Å². The maximum Gasteiger partial charge on any atom is 0.151 e. The third-order valence-electron chi connectivity index (χ3n) is 6.67. The Kier molecular flexibility index (Phi) is 16.3. The van der Waals surface area contributed by atoms with Crippen molar-refractivity contribution in [2.24, 2.45) is 0 Å². The van der Waals surface area contributed by atoms with Crippen LogP contribution in [-0.4, -0.2) is 54.1 Å². The van der Waals surface area contributed by atoms with Crippen LogP contribution in [0.4, 0.5) is 5.82 Å². The van der Waals surface area contributed by atoms with Crippen molar-refractivity contribution in [3.63, 3.8) is 0 Å². The van der Waals surface area contributed by atoms with Crippen molar-refractivity contribution >= 4 is 11.3 Å². The summed E-state index contributed by atoms with van der Waals surface area (Å²) < 4.78 is 3.81. The number of fused-ring (bicyclic) bond motifs is 2. The lowest BCUT2D eigenvalue weighted by atomic mass is 9.96. The lowest BCUT2D eigenvalue weighted by Crippen LogP contribution is -2.32. The van der Waals surface area contributed by atoms with Gasteiger partial charge in [-0.15, -0.1) is 6.58 Å². The third kappa shape index (κ3) is 12.0. The molecule has 4 heterocycles. The van der Waals surface area contributed by atoms with E-state index in [2.05, 4.69) is 70.0 Å². The molecule has 0 fully saturated rings. The summed E-state index contributed by atoms with van der Waals surface area (Å²) in [5, 5.41) is 17.7. The summed E-state index contributed by atoms with van der Waals surface area (Å²) >= 11 is 0. The minimum absolute atomic E-state index is 0.215. The Hall–Kier alpha value is -4.27. The van der Waals surface area contributed by atoms with Crippen molar-refractivity contribution in [3.8, 4) is 0 Å². The summed E-state index contributed by atoms with van der Waals surface area (Å²) in [5.74, 6) is 0.501. The number of allylic oxidation sites excluding steroid dienone is 1. The molecule has 1 aliphatic heterocycles. The van der Waals surface area contributed by atoms with Gasteiger partial charge in [0.1, 0.15) is 11.8 Å². The number of aliphatic hydroxyl groups is 1. The molecule has 242 valence electrons. The van der Waals surface area contributed by atoms with Gasteiger partial charge < -0.3 is 10.8 Å². The number of anilines is 1. The van der Waals surface area contributed by atoms with Crippen LogP contribution in [0.15, 0.2) is 91.5 Å². The summed E-state index contributed by atoms with van der Waals surface area (Å²) in [7, 11) is 0. The highest BCUT2D eigenvalue weighted by Crippen LogP contribution is 2.23.